The Morgan fingerprint density at radius 3 is 2.72 bits per heavy atom. The maximum atomic E-state index is 12.6. The molecule has 3 N–H and O–H groups in total. The molecule has 0 aliphatic carbocycles. The summed E-state index contributed by atoms with van der Waals surface area (Å²) in [7, 11) is 1.59. The van der Waals surface area contributed by atoms with Crippen molar-refractivity contribution in [1.82, 2.24) is 35.0 Å². The van der Waals surface area contributed by atoms with Gasteiger partial charge in [-0.05, 0) is 36.8 Å². The van der Waals surface area contributed by atoms with Crippen LogP contribution in [0, 0.1) is 0 Å². The molecule has 0 bridgehead atoms. The fraction of sp³-hybridized carbons (Fsp3) is 0.238. The van der Waals surface area contributed by atoms with Gasteiger partial charge >= 0.3 is 5.69 Å². The summed E-state index contributed by atoms with van der Waals surface area (Å²) in [5.74, 6) is 1.25. The Labute approximate surface area is 181 Å². The number of methoxy groups -OCH3 is 1. The highest BCUT2D eigenvalue weighted by molar-refractivity contribution is 5.96. The van der Waals surface area contributed by atoms with Crippen LogP contribution in [0.15, 0.2) is 46.1 Å². The van der Waals surface area contributed by atoms with E-state index >= 15 is 0 Å². The van der Waals surface area contributed by atoms with Crippen LogP contribution < -0.4 is 21.3 Å². The molecule has 0 saturated carbocycles. The molecule has 164 valence electrons. The lowest BCUT2D eigenvalue weighted by atomic mass is 10.2. The summed E-state index contributed by atoms with van der Waals surface area (Å²) in [6.07, 6.45) is 2.03. The van der Waals surface area contributed by atoms with Gasteiger partial charge in [0.1, 0.15) is 17.2 Å². The second-order valence-corrected chi connectivity index (χ2v) is 7.02. The van der Waals surface area contributed by atoms with Crippen molar-refractivity contribution in [1.29, 1.82) is 0 Å². The lowest BCUT2D eigenvalue weighted by Crippen LogP contribution is -2.31. The molecule has 3 aromatic heterocycles. The molecule has 0 spiro atoms. The van der Waals surface area contributed by atoms with Crippen molar-refractivity contribution in [3.8, 4) is 17.1 Å². The molecule has 32 heavy (non-hydrogen) atoms. The van der Waals surface area contributed by atoms with E-state index in [1.807, 2.05) is 31.2 Å². The molecule has 4 rings (SSSR count). The first kappa shape index (κ1) is 21.0. The second kappa shape index (κ2) is 8.84. The fourth-order valence-electron chi connectivity index (χ4n) is 3.23. The molecule has 0 radical (unpaired) electrons. The van der Waals surface area contributed by atoms with Gasteiger partial charge in [0.15, 0.2) is 5.82 Å². The smallest absolute Gasteiger partial charge is 0.329 e. The van der Waals surface area contributed by atoms with Gasteiger partial charge in [0, 0.05) is 18.3 Å². The molecule has 0 aliphatic rings. The van der Waals surface area contributed by atoms with Crippen LogP contribution in [0.2, 0.25) is 0 Å². The van der Waals surface area contributed by atoms with Crippen LogP contribution in [-0.4, -0.2) is 42.7 Å². The lowest BCUT2D eigenvalue weighted by molar-refractivity contribution is 0.0949. The van der Waals surface area contributed by atoms with E-state index in [4.69, 9.17) is 4.74 Å². The van der Waals surface area contributed by atoms with Crippen LogP contribution in [-0.2, 0) is 13.1 Å². The Balaban J connectivity index is 1.50. The van der Waals surface area contributed by atoms with Crippen LogP contribution in [0.1, 0.15) is 29.5 Å². The molecule has 0 fully saturated rings. The zero-order chi connectivity index (χ0) is 22.7. The highest BCUT2D eigenvalue weighted by Gasteiger charge is 2.14. The average molecular weight is 435 g/mol. The van der Waals surface area contributed by atoms with Gasteiger partial charge in [-0.2, -0.15) is 5.10 Å². The fourth-order valence-corrected chi connectivity index (χ4v) is 3.23. The molecule has 0 unspecified atom stereocenters. The number of pyridine rings is 1. The van der Waals surface area contributed by atoms with Crippen LogP contribution in [0.3, 0.4) is 0 Å². The summed E-state index contributed by atoms with van der Waals surface area (Å²) in [5, 5.41) is 9.85. The Morgan fingerprint density at radius 2 is 2.00 bits per heavy atom. The molecule has 0 saturated heterocycles. The van der Waals surface area contributed by atoms with E-state index in [1.165, 1.54) is 16.8 Å². The maximum Gasteiger partial charge on any atom is 0.329 e. The molecule has 11 heteroatoms. The molecule has 3 heterocycles. The van der Waals surface area contributed by atoms with E-state index < -0.39 is 17.2 Å². The van der Waals surface area contributed by atoms with Gasteiger partial charge in [0.2, 0.25) is 0 Å². The summed E-state index contributed by atoms with van der Waals surface area (Å²) in [5.41, 5.74) is 0.137. The predicted molar refractivity (Wildman–Crippen MR) is 116 cm³/mol. The SMILES string of the molecule is CCCn1c(=O)[nH]c(=O)c2cc(C(=O)NCc3nc(-c4ccc(OC)cc4)n[nH]3)cnc21. The number of aryl methyl sites for hydroxylation is 1. The standard InChI is InChI=1S/C21H21N7O4/c1-3-8-28-18-15(20(30)25-21(28)31)9-13(10-22-18)19(29)23-11-16-24-17(27-26-16)12-4-6-14(32-2)7-5-12/h4-7,9-10H,3,8,11H2,1-2H3,(H,23,29)(H,24,26,27)(H,25,30,31). The number of aromatic amines is 2. The van der Waals surface area contributed by atoms with E-state index in [-0.39, 0.29) is 23.1 Å². The molecule has 0 aliphatic heterocycles. The Bertz CT molecular complexity index is 1390. The molecule has 4 aromatic rings. The van der Waals surface area contributed by atoms with Gasteiger partial charge in [-0.1, -0.05) is 6.92 Å². The number of amides is 1. The number of nitrogens with one attached hydrogen (secondary N) is 3. The van der Waals surface area contributed by atoms with Gasteiger partial charge in [-0.15, -0.1) is 0 Å². The number of carbonyl (C=O) groups is 1. The van der Waals surface area contributed by atoms with E-state index in [1.54, 1.807) is 7.11 Å². The minimum Gasteiger partial charge on any atom is -0.497 e. The van der Waals surface area contributed by atoms with Crippen molar-refractivity contribution in [2.24, 2.45) is 0 Å². The third kappa shape index (κ3) is 4.13. The van der Waals surface area contributed by atoms with Gasteiger partial charge < -0.3 is 10.1 Å². The quantitative estimate of drug-likeness (QED) is 0.395. The number of nitrogens with zero attached hydrogens (tertiary/aromatic N) is 4. The number of rotatable bonds is 7. The molecule has 0 atom stereocenters. The van der Waals surface area contributed by atoms with Crippen LogP contribution in [0.5, 0.6) is 5.75 Å². The zero-order valence-corrected chi connectivity index (χ0v) is 17.5. The highest BCUT2D eigenvalue weighted by atomic mass is 16.5. The summed E-state index contributed by atoms with van der Waals surface area (Å²) >= 11 is 0. The maximum absolute atomic E-state index is 12.6. The van der Waals surface area contributed by atoms with Gasteiger partial charge in [0.25, 0.3) is 11.5 Å². The summed E-state index contributed by atoms with van der Waals surface area (Å²) < 4.78 is 6.52. The topological polar surface area (TPSA) is 148 Å². The lowest BCUT2D eigenvalue weighted by Gasteiger charge is -2.08. The highest BCUT2D eigenvalue weighted by Crippen LogP contribution is 2.19. The number of hydrogen-bond donors (Lipinski definition) is 3. The minimum atomic E-state index is -0.584. The van der Waals surface area contributed by atoms with Gasteiger partial charge in [-0.3, -0.25) is 24.2 Å². The monoisotopic (exact) mass is 435 g/mol. The van der Waals surface area contributed by atoms with Crippen molar-refractivity contribution in [2.75, 3.05) is 7.11 Å². The number of ether oxygens (including phenoxy) is 1. The van der Waals surface area contributed by atoms with Crippen molar-refractivity contribution in [3.05, 3.63) is 68.8 Å². The van der Waals surface area contributed by atoms with Crippen molar-refractivity contribution in [3.63, 3.8) is 0 Å². The second-order valence-electron chi connectivity index (χ2n) is 7.02. The molecular formula is C21H21N7O4. The molecule has 11 nitrogen and oxygen atoms in total. The third-order valence-corrected chi connectivity index (χ3v) is 4.84. The Hall–Kier alpha value is -4.28. The number of aromatic nitrogens is 6. The number of hydrogen-bond acceptors (Lipinski definition) is 7. The van der Waals surface area contributed by atoms with Crippen molar-refractivity contribution in [2.45, 2.75) is 26.4 Å². The normalized spacial score (nSPS) is 10.9. The van der Waals surface area contributed by atoms with E-state index in [9.17, 15) is 14.4 Å². The molecule has 1 aromatic carbocycles. The molecular weight excluding hydrogens is 414 g/mol. The zero-order valence-electron chi connectivity index (χ0n) is 17.5. The first-order valence-electron chi connectivity index (χ1n) is 9.97. The third-order valence-electron chi connectivity index (χ3n) is 4.84. The van der Waals surface area contributed by atoms with Crippen LogP contribution >= 0.6 is 0 Å². The number of benzene rings is 1. The van der Waals surface area contributed by atoms with Crippen molar-refractivity contribution >= 4 is 16.9 Å². The number of fused-ring (bicyclic) bond motifs is 1. The van der Waals surface area contributed by atoms with Crippen LogP contribution in [0.25, 0.3) is 22.4 Å². The Kier molecular flexibility index (Phi) is 5.79. The predicted octanol–water partition coefficient (Wildman–Crippen LogP) is 1.22. The van der Waals surface area contributed by atoms with E-state index in [0.717, 1.165) is 11.3 Å². The molecule has 1 amide bonds. The number of H-pyrrole nitrogens is 2. The largest absolute Gasteiger partial charge is 0.497 e. The van der Waals surface area contributed by atoms with Crippen molar-refractivity contribution < 1.29 is 9.53 Å². The van der Waals surface area contributed by atoms with E-state index in [2.05, 4.69) is 30.5 Å². The minimum absolute atomic E-state index is 0.103. The summed E-state index contributed by atoms with van der Waals surface area (Å²) in [6, 6.07) is 8.70. The first-order chi connectivity index (χ1) is 15.5. The van der Waals surface area contributed by atoms with Gasteiger partial charge in [0.05, 0.1) is 24.6 Å². The van der Waals surface area contributed by atoms with Crippen LogP contribution in [0.4, 0.5) is 0 Å². The summed E-state index contributed by atoms with van der Waals surface area (Å²) in [4.78, 5) is 47.7. The first-order valence-corrected chi connectivity index (χ1v) is 9.97. The Morgan fingerprint density at radius 1 is 1.22 bits per heavy atom. The average Bonchev–Trinajstić information content (AvgIpc) is 3.29. The van der Waals surface area contributed by atoms with Gasteiger partial charge in [-0.25, -0.2) is 14.8 Å². The summed E-state index contributed by atoms with van der Waals surface area (Å²) in [6.45, 7) is 2.42. The number of carbonyl (C=O) groups excluding carboxylic acids is 1. The van der Waals surface area contributed by atoms with E-state index in [0.29, 0.717) is 24.6 Å².